The van der Waals surface area contributed by atoms with Gasteiger partial charge in [-0.3, -0.25) is 14.7 Å². The lowest BCUT2D eigenvalue weighted by Crippen LogP contribution is -2.47. The summed E-state index contributed by atoms with van der Waals surface area (Å²) in [4.78, 5) is 29.9. The molecule has 2 atom stereocenters. The fraction of sp³-hybridized carbons (Fsp3) is 0.360. The molecule has 0 radical (unpaired) electrons. The van der Waals surface area contributed by atoms with Crippen LogP contribution in [0.4, 0.5) is 5.69 Å². The summed E-state index contributed by atoms with van der Waals surface area (Å²) in [5.41, 5.74) is 10.5. The number of fused-ring (bicyclic) bond motifs is 1. The van der Waals surface area contributed by atoms with E-state index in [0.29, 0.717) is 12.6 Å². The highest BCUT2D eigenvalue weighted by atomic mass is 32.2. The van der Waals surface area contributed by atoms with Crippen LogP contribution in [0.25, 0.3) is 0 Å². The van der Waals surface area contributed by atoms with Gasteiger partial charge in [-0.15, -0.1) is 0 Å². The van der Waals surface area contributed by atoms with Gasteiger partial charge in [0.25, 0.3) is 0 Å². The first kappa shape index (κ1) is 23.5. The lowest BCUT2D eigenvalue weighted by atomic mass is 10.1. The summed E-state index contributed by atoms with van der Waals surface area (Å²) in [6.07, 6.45) is 5.27. The second-order valence-electron chi connectivity index (χ2n) is 8.74. The molecule has 4 heterocycles. The highest BCUT2D eigenvalue weighted by Gasteiger charge is 2.29. The van der Waals surface area contributed by atoms with Gasteiger partial charge >= 0.3 is 6.01 Å². The zero-order chi connectivity index (χ0) is 24.2. The predicted molar refractivity (Wildman–Crippen MR) is 135 cm³/mol. The summed E-state index contributed by atoms with van der Waals surface area (Å²) in [6.45, 7) is 6.20. The van der Waals surface area contributed by atoms with Crippen LogP contribution in [0, 0.1) is 0 Å². The van der Waals surface area contributed by atoms with E-state index in [1.54, 1.807) is 31.1 Å². The Bertz CT molecular complexity index is 1160. The van der Waals surface area contributed by atoms with Crippen molar-refractivity contribution in [3.05, 3.63) is 71.8 Å². The summed E-state index contributed by atoms with van der Waals surface area (Å²) in [7, 11) is 0. The molecule has 0 saturated carbocycles. The van der Waals surface area contributed by atoms with Crippen LogP contribution < -0.4 is 15.8 Å². The van der Waals surface area contributed by atoms with Crippen LogP contribution in [-0.4, -0.2) is 62.2 Å². The van der Waals surface area contributed by atoms with Crippen molar-refractivity contribution in [1.29, 1.82) is 0 Å². The molecule has 1 amide bonds. The Kier molecular flexibility index (Phi) is 7.12. The first-order valence-electron chi connectivity index (χ1n) is 11.7. The molecule has 35 heavy (non-hydrogen) atoms. The van der Waals surface area contributed by atoms with Crippen LogP contribution in [0.2, 0.25) is 0 Å². The third-order valence-electron chi connectivity index (χ3n) is 6.24. The molecule has 5 rings (SSSR count). The molecule has 2 unspecified atom stereocenters. The molecule has 3 aromatic rings. The Labute approximate surface area is 209 Å². The average molecular weight is 492 g/mol. The maximum atomic E-state index is 11.5. The van der Waals surface area contributed by atoms with Crippen LogP contribution in [-0.2, 0) is 17.9 Å². The smallest absolute Gasteiger partial charge is 0.316 e. The molecule has 10 heteroatoms. The first-order chi connectivity index (χ1) is 17.0. The number of anilines is 1. The molecule has 0 aliphatic carbocycles. The highest BCUT2D eigenvalue weighted by molar-refractivity contribution is 8.00. The third kappa shape index (κ3) is 5.72. The number of piperazine rings is 1. The molecule has 2 aliphatic rings. The minimum atomic E-state index is -0.329. The van der Waals surface area contributed by atoms with Gasteiger partial charge in [0, 0.05) is 56.9 Å². The number of carbonyl (C=O) groups excluding carboxylic acids is 1. The first-order valence-corrected chi connectivity index (χ1v) is 12.6. The van der Waals surface area contributed by atoms with E-state index >= 15 is 0 Å². The minimum absolute atomic E-state index is 0.0362. The van der Waals surface area contributed by atoms with E-state index in [9.17, 15) is 4.79 Å². The largest absolute Gasteiger partial charge is 0.459 e. The topological polar surface area (TPSA) is 110 Å². The van der Waals surface area contributed by atoms with Crippen molar-refractivity contribution in [3.8, 4) is 6.01 Å². The molecule has 3 N–H and O–H groups in total. The van der Waals surface area contributed by atoms with E-state index in [1.807, 2.05) is 35.4 Å². The molecule has 182 valence electrons. The molecule has 0 bridgehead atoms. The Morgan fingerprint density at radius 2 is 2.03 bits per heavy atom. The molecule has 1 aromatic carbocycles. The molecule has 2 aromatic heterocycles. The SMILES string of the molecule is CC(=O)N1CCN(Cc2cccc(COc3nccc(C(N)C4Nc5cnccc5S4)n3)c2)CC1. The predicted octanol–water partition coefficient (Wildman–Crippen LogP) is 2.66. The normalized spacial score (nSPS) is 18.6. The van der Waals surface area contributed by atoms with Gasteiger partial charge in [-0.1, -0.05) is 36.0 Å². The van der Waals surface area contributed by atoms with E-state index in [0.717, 1.165) is 54.6 Å². The van der Waals surface area contributed by atoms with Gasteiger partial charge in [-0.2, -0.15) is 4.98 Å². The van der Waals surface area contributed by atoms with Crippen molar-refractivity contribution in [2.45, 2.75) is 36.4 Å². The van der Waals surface area contributed by atoms with Crippen LogP contribution in [0.15, 0.2) is 59.9 Å². The molecular formula is C25H29N7O2S. The quantitative estimate of drug-likeness (QED) is 0.515. The van der Waals surface area contributed by atoms with Gasteiger partial charge in [-0.25, -0.2) is 4.98 Å². The second kappa shape index (κ2) is 10.6. The lowest BCUT2D eigenvalue weighted by molar-refractivity contribution is -0.130. The summed E-state index contributed by atoms with van der Waals surface area (Å²) in [5, 5.41) is 3.37. The van der Waals surface area contributed by atoms with E-state index in [2.05, 4.69) is 37.3 Å². The number of thioether (sulfide) groups is 1. The number of hydrogen-bond acceptors (Lipinski definition) is 9. The fourth-order valence-electron chi connectivity index (χ4n) is 4.28. The molecular weight excluding hydrogens is 462 g/mol. The van der Waals surface area contributed by atoms with E-state index in [-0.39, 0.29) is 17.3 Å². The van der Waals surface area contributed by atoms with E-state index in [4.69, 9.17) is 10.5 Å². The van der Waals surface area contributed by atoms with Crippen molar-refractivity contribution in [1.82, 2.24) is 24.8 Å². The number of nitrogens with zero attached hydrogens (tertiary/aromatic N) is 5. The van der Waals surface area contributed by atoms with Crippen molar-refractivity contribution in [2.75, 3.05) is 31.5 Å². The Morgan fingerprint density at radius 3 is 2.83 bits per heavy atom. The number of benzene rings is 1. The monoisotopic (exact) mass is 491 g/mol. The number of nitrogens with two attached hydrogens (primary N) is 1. The van der Waals surface area contributed by atoms with Gasteiger partial charge in [0.05, 0.1) is 29.0 Å². The second-order valence-corrected chi connectivity index (χ2v) is 9.92. The fourth-order valence-corrected chi connectivity index (χ4v) is 5.41. The number of ether oxygens (including phenoxy) is 1. The third-order valence-corrected chi connectivity index (χ3v) is 7.51. The Hall–Kier alpha value is -3.21. The van der Waals surface area contributed by atoms with Crippen LogP contribution in [0.1, 0.15) is 29.8 Å². The Balaban J connectivity index is 1.16. The standard InChI is InChI=1S/C25H29N7O2S/c1-17(33)32-11-9-31(10-12-32)15-18-3-2-4-19(13-18)16-34-25-28-8-5-20(30-25)23(26)24-29-21-14-27-7-6-22(21)35-24/h2-8,13-14,23-24,29H,9-12,15-16,26H2,1H3. The van der Waals surface area contributed by atoms with Gasteiger partial charge in [0.2, 0.25) is 5.91 Å². The van der Waals surface area contributed by atoms with Crippen molar-refractivity contribution in [3.63, 3.8) is 0 Å². The number of nitrogens with one attached hydrogen (secondary N) is 1. The number of hydrogen-bond donors (Lipinski definition) is 2. The summed E-state index contributed by atoms with van der Waals surface area (Å²) >= 11 is 1.67. The maximum absolute atomic E-state index is 11.5. The van der Waals surface area contributed by atoms with E-state index in [1.165, 1.54) is 5.56 Å². The van der Waals surface area contributed by atoms with Crippen LogP contribution >= 0.6 is 11.8 Å². The van der Waals surface area contributed by atoms with Gasteiger partial charge in [0.1, 0.15) is 6.61 Å². The molecule has 1 saturated heterocycles. The summed E-state index contributed by atoms with van der Waals surface area (Å²) < 4.78 is 5.92. The summed E-state index contributed by atoms with van der Waals surface area (Å²) in [5.74, 6) is 0.150. The average Bonchev–Trinajstić information content (AvgIpc) is 3.32. The maximum Gasteiger partial charge on any atom is 0.316 e. The van der Waals surface area contributed by atoms with Crippen molar-refractivity contribution >= 4 is 23.4 Å². The van der Waals surface area contributed by atoms with Crippen LogP contribution in [0.5, 0.6) is 6.01 Å². The van der Waals surface area contributed by atoms with Crippen LogP contribution in [0.3, 0.4) is 0 Å². The number of rotatable bonds is 7. The molecule has 0 spiro atoms. The van der Waals surface area contributed by atoms with Gasteiger partial charge in [-0.05, 0) is 23.3 Å². The Morgan fingerprint density at radius 1 is 1.20 bits per heavy atom. The highest BCUT2D eigenvalue weighted by Crippen LogP contribution is 2.41. The number of amides is 1. The van der Waals surface area contributed by atoms with Gasteiger partial charge in [0.15, 0.2) is 0 Å². The molecule has 1 fully saturated rings. The number of carbonyl (C=O) groups is 1. The number of aromatic nitrogens is 3. The lowest BCUT2D eigenvalue weighted by Gasteiger charge is -2.34. The van der Waals surface area contributed by atoms with Crippen molar-refractivity contribution in [2.24, 2.45) is 5.73 Å². The molecule has 2 aliphatic heterocycles. The van der Waals surface area contributed by atoms with Gasteiger partial charge < -0.3 is 20.7 Å². The minimum Gasteiger partial charge on any atom is -0.459 e. The van der Waals surface area contributed by atoms with E-state index < -0.39 is 0 Å². The molecule has 9 nitrogen and oxygen atoms in total. The number of pyridine rings is 1. The zero-order valence-corrected chi connectivity index (χ0v) is 20.4. The van der Waals surface area contributed by atoms with Crippen molar-refractivity contribution < 1.29 is 9.53 Å². The zero-order valence-electron chi connectivity index (χ0n) is 19.6. The summed E-state index contributed by atoms with van der Waals surface area (Å²) in [6, 6.07) is 12.1.